The molecule has 1 N–H and O–H groups in total. The van der Waals surface area contributed by atoms with Crippen LogP contribution in [0.5, 0.6) is 0 Å². The topological polar surface area (TPSA) is 77.9 Å². The fourth-order valence-electron chi connectivity index (χ4n) is 2.51. The van der Waals surface area contributed by atoms with E-state index < -0.39 is 21.9 Å². The van der Waals surface area contributed by atoms with E-state index >= 15 is 0 Å². The maximum Gasteiger partial charge on any atom is 0.308 e. The molecule has 0 aromatic heterocycles. The van der Waals surface area contributed by atoms with Crippen LogP contribution in [0.2, 0.25) is 0 Å². The van der Waals surface area contributed by atoms with Gasteiger partial charge in [0.05, 0.1) is 10.8 Å². The van der Waals surface area contributed by atoms with Crippen molar-refractivity contribution in [3.8, 4) is 0 Å². The summed E-state index contributed by atoms with van der Waals surface area (Å²) >= 11 is 0. The summed E-state index contributed by atoms with van der Waals surface area (Å²) < 4.78 is 26.4. The van der Waals surface area contributed by atoms with Crippen LogP contribution in [0.15, 0.2) is 29.2 Å². The Kier molecular flexibility index (Phi) is 4.25. The summed E-state index contributed by atoms with van der Waals surface area (Å²) in [7, 11) is 0.127. The maximum absolute atomic E-state index is 12.5. The van der Waals surface area contributed by atoms with Gasteiger partial charge in [-0.05, 0) is 30.2 Å². The second-order valence-electron chi connectivity index (χ2n) is 5.63. The van der Waals surface area contributed by atoms with Gasteiger partial charge < -0.3 is 10.0 Å². The molecule has 116 valence electrons. The molecule has 1 fully saturated rings. The standard InChI is InChI=1S/C14H20N2O4S/c1-10-8-16(9-13(10)14(17)18)21(19,20)12-6-4-11(5-7-12)15(2)3/h4-7,10,13H,8-9H2,1-3H3,(H,17,18)/t10-,13-/m1/s1. The normalized spacial score (nSPS) is 23.2. The van der Waals surface area contributed by atoms with Gasteiger partial charge in [-0.15, -0.1) is 0 Å². The highest BCUT2D eigenvalue weighted by Crippen LogP contribution is 2.29. The van der Waals surface area contributed by atoms with Crippen molar-refractivity contribution in [1.29, 1.82) is 0 Å². The van der Waals surface area contributed by atoms with Crippen LogP contribution in [-0.2, 0) is 14.8 Å². The molecule has 1 aliphatic heterocycles. The molecule has 1 aromatic rings. The Hall–Kier alpha value is -1.60. The van der Waals surface area contributed by atoms with Crippen LogP contribution in [0.4, 0.5) is 5.69 Å². The van der Waals surface area contributed by atoms with E-state index in [-0.39, 0.29) is 23.9 Å². The number of nitrogens with zero attached hydrogens (tertiary/aromatic N) is 2. The van der Waals surface area contributed by atoms with E-state index in [0.29, 0.717) is 0 Å². The van der Waals surface area contributed by atoms with Crippen molar-refractivity contribution in [1.82, 2.24) is 4.31 Å². The van der Waals surface area contributed by atoms with E-state index in [9.17, 15) is 13.2 Å². The van der Waals surface area contributed by atoms with Crippen LogP contribution in [0.25, 0.3) is 0 Å². The van der Waals surface area contributed by atoms with E-state index in [0.717, 1.165) is 5.69 Å². The molecule has 7 heteroatoms. The smallest absolute Gasteiger partial charge is 0.308 e. The summed E-state index contributed by atoms with van der Waals surface area (Å²) in [4.78, 5) is 13.2. The fourth-order valence-corrected chi connectivity index (χ4v) is 4.07. The molecule has 0 bridgehead atoms. The summed E-state index contributed by atoms with van der Waals surface area (Å²) in [5.74, 6) is -1.76. The van der Waals surface area contributed by atoms with Crippen LogP contribution in [-0.4, -0.2) is 51.0 Å². The molecule has 0 amide bonds. The van der Waals surface area contributed by atoms with Crippen molar-refractivity contribution in [3.05, 3.63) is 24.3 Å². The van der Waals surface area contributed by atoms with Gasteiger partial charge in [-0.25, -0.2) is 8.42 Å². The number of hydrogen-bond donors (Lipinski definition) is 1. The fraction of sp³-hybridized carbons (Fsp3) is 0.500. The van der Waals surface area contributed by atoms with Gasteiger partial charge in [0.15, 0.2) is 0 Å². The van der Waals surface area contributed by atoms with Gasteiger partial charge in [-0.1, -0.05) is 6.92 Å². The van der Waals surface area contributed by atoms with Crippen molar-refractivity contribution in [2.75, 3.05) is 32.1 Å². The Bertz CT molecular complexity index is 625. The monoisotopic (exact) mass is 312 g/mol. The van der Waals surface area contributed by atoms with Gasteiger partial charge in [-0.2, -0.15) is 4.31 Å². The Morgan fingerprint density at radius 1 is 1.24 bits per heavy atom. The lowest BCUT2D eigenvalue weighted by atomic mass is 9.99. The Morgan fingerprint density at radius 2 is 1.81 bits per heavy atom. The lowest BCUT2D eigenvalue weighted by Crippen LogP contribution is -2.30. The Labute approximate surface area is 125 Å². The van der Waals surface area contributed by atoms with Crippen molar-refractivity contribution in [3.63, 3.8) is 0 Å². The number of benzene rings is 1. The summed E-state index contributed by atoms with van der Waals surface area (Å²) in [5.41, 5.74) is 0.909. The average Bonchev–Trinajstić information content (AvgIpc) is 2.82. The van der Waals surface area contributed by atoms with Crippen LogP contribution >= 0.6 is 0 Å². The third-order valence-electron chi connectivity index (χ3n) is 3.89. The molecule has 1 aromatic carbocycles. The Morgan fingerprint density at radius 3 is 2.24 bits per heavy atom. The molecular weight excluding hydrogens is 292 g/mol. The average molecular weight is 312 g/mol. The zero-order valence-electron chi connectivity index (χ0n) is 12.4. The van der Waals surface area contributed by atoms with Crippen LogP contribution in [0, 0.1) is 11.8 Å². The minimum absolute atomic E-state index is 0.0360. The highest BCUT2D eigenvalue weighted by molar-refractivity contribution is 7.89. The van der Waals surface area contributed by atoms with Gasteiger partial charge in [0.25, 0.3) is 0 Å². The molecule has 1 saturated heterocycles. The summed E-state index contributed by atoms with van der Waals surface area (Å²) in [5, 5.41) is 9.11. The highest BCUT2D eigenvalue weighted by atomic mass is 32.2. The molecule has 1 aliphatic rings. The highest BCUT2D eigenvalue weighted by Gasteiger charge is 2.40. The first-order chi connectivity index (χ1) is 9.73. The first-order valence-corrected chi connectivity index (χ1v) is 8.18. The first-order valence-electron chi connectivity index (χ1n) is 6.74. The van der Waals surface area contributed by atoms with Crippen LogP contribution in [0.3, 0.4) is 0 Å². The number of anilines is 1. The van der Waals surface area contributed by atoms with E-state index in [1.807, 2.05) is 19.0 Å². The molecule has 6 nitrogen and oxygen atoms in total. The molecule has 0 saturated carbocycles. The van der Waals surface area contributed by atoms with E-state index in [2.05, 4.69) is 0 Å². The molecule has 0 aliphatic carbocycles. The number of rotatable bonds is 4. The predicted octanol–water partition coefficient (Wildman–Crippen LogP) is 1.09. The third-order valence-corrected chi connectivity index (χ3v) is 5.73. The molecule has 1 heterocycles. The van der Waals surface area contributed by atoms with Gasteiger partial charge in [0, 0.05) is 32.9 Å². The molecular formula is C14H20N2O4S. The molecule has 0 spiro atoms. The number of sulfonamides is 1. The van der Waals surface area contributed by atoms with Gasteiger partial charge in [0.1, 0.15) is 0 Å². The minimum Gasteiger partial charge on any atom is -0.481 e. The van der Waals surface area contributed by atoms with Gasteiger partial charge in [0.2, 0.25) is 10.0 Å². The van der Waals surface area contributed by atoms with Crippen molar-refractivity contribution < 1.29 is 18.3 Å². The minimum atomic E-state index is -3.63. The third kappa shape index (κ3) is 3.03. The number of carboxylic acids is 1. The Balaban J connectivity index is 2.25. The summed E-state index contributed by atoms with van der Waals surface area (Å²) in [6.45, 7) is 2.05. The van der Waals surface area contributed by atoms with Crippen molar-refractivity contribution in [2.24, 2.45) is 11.8 Å². The second-order valence-corrected chi connectivity index (χ2v) is 7.57. The number of hydrogen-bond acceptors (Lipinski definition) is 4. The van der Waals surface area contributed by atoms with Crippen molar-refractivity contribution >= 4 is 21.7 Å². The van der Waals surface area contributed by atoms with Gasteiger partial charge in [-0.3, -0.25) is 4.79 Å². The molecule has 0 unspecified atom stereocenters. The molecule has 0 radical (unpaired) electrons. The lowest BCUT2D eigenvalue weighted by molar-refractivity contribution is -0.142. The molecule has 2 atom stereocenters. The zero-order chi connectivity index (χ0) is 15.8. The van der Waals surface area contributed by atoms with Crippen LogP contribution in [0.1, 0.15) is 6.92 Å². The maximum atomic E-state index is 12.5. The van der Waals surface area contributed by atoms with E-state index in [1.165, 1.54) is 4.31 Å². The number of carboxylic acid groups (broad SMARTS) is 1. The summed E-state index contributed by atoms with van der Waals surface area (Å²) in [6.07, 6.45) is 0. The van der Waals surface area contributed by atoms with E-state index in [1.54, 1.807) is 31.2 Å². The number of aliphatic carboxylic acids is 1. The van der Waals surface area contributed by atoms with Crippen LogP contribution < -0.4 is 4.90 Å². The molecule has 21 heavy (non-hydrogen) atoms. The zero-order valence-corrected chi connectivity index (χ0v) is 13.2. The SMILES string of the molecule is C[C@@H]1CN(S(=O)(=O)c2ccc(N(C)C)cc2)C[C@H]1C(=O)O. The second kappa shape index (κ2) is 5.65. The first kappa shape index (κ1) is 15.8. The van der Waals surface area contributed by atoms with Crippen molar-refractivity contribution in [2.45, 2.75) is 11.8 Å². The summed E-state index contributed by atoms with van der Waals surface area (Å²) in [6, 6.07) is 6.59. The van der Waals surface area contributed by atoms with E-state index in [4.69, 9.17) is 5.11 Å². The quantitative estimate of drug-likeness (QED) is 0.900. The largest absolute Gasteiger partial charge is 0.481 e. The van der Waals surface area contributed by atoms with Gasteiger partial charge >= 0.3 is 5.97 Å². The lowest BCUT2D eigenvalue weighted by Gasteiger charge is -2.17. The number of carbonyl (C=O) groups is 1. The molecule has 2 rings (SSSR count). The predicted molar refractivity (Wildman–Crippen MR) is 79.8 cm³/mol.